The van der Waals surface area contributed by atoms with Crippen LogP contribution in [0.25, 0.3) is 0 Å². The Kier molecular flexibility index (Phi) is 4.28. The molecular formula is C11H12ClF3N2. The summed E-state index contributed by atoms with van der Waals surface area (Å²) in [5.41, 5.74) is 4.92. The molecule has 0 aromatic heterocycles. The van der Waals surface area contributed by atoms with E-state index in [2.05, 4.69) is 5.32 Å². The van der Waals surface area contributed by atoms with E-state index in [9.17, 15) is 13.2 Å². The van der Waals surface area contributed by atoms with Gasteiger partial charge in [-0.2, -0.15) is 13.2 Å². The number of halogens is 4. The smallest absolute Gasteiger partial charge is 0.386 e. The first-order chi connectivity index (χ1) is 7.84. The largest absolute Gasteiger partial charge is 0.417 e. The average Bonchev–Trinajstić information content (AvgIpc) is 2.19. The quantitative estimate of drug-likeness (QED) is 0.867. The van der Waals surface area contributed by atoms with Gasteiger partial charge in [0.05, 0.1) is 16.4 Å². The molecule has 0 fully saturated rings. The van der Waals surface area contributed by atoms with Gasteiger partial charge in [0.15, 0.2) is 0 Å². The van der Waals surface area contributed by atoms with Gasteiger partial charge in [-0.15, -0.1) is 0 Å². The van der Waals surface area contributed by atoms with Gasteiger partial charge >= 0.3 is 6.18 Å². The summed E-state index contributed by atoms with van der Waals surface area (Å²) in [4.78, 5) is 0. The maximum absolute atomic E-state index is 12.6. The normalized spacial score (nSPS) is 12.6. The van der Waals surface area contributed by atoms with Crippen molar-refractivity contribution in [2.75, 3.05) is 5.32 Å². The molecule has 1 aromatic carbocycles. The van der Waals surface area contributed by atoms with Crippen molar-refractivity contribution in [3.63, 3.8) is 0 Å². The second kappa shape index (κ2) is 5.31. The summed E-state index contributed by atoms with van der Waals surface area (Å²) in [7, 11) is 0. The first-order valence-corrected chi connectivity index (χ1v) is 5.31. The molecule has 0 saturated heterocycles. The van der Waals surface area contributed by atoms with Crippen LogP contribution in [0.15, 0.2) is 30.1 Å². The van der Waals surface area contributed by atoms with Crippen LogP contribution in [-0.2, 0) is 6.18 Å². The molecule has 0 atom stereocenters. The van der Waals surface area contributed by atoms with Crippen molar-refractivity contribution in [2.45, 2.75) is 19.5 Å². The molecule has 0 aliphatic rings. The van der Waals surface area contributed by atoms with Crippen LogP contribution < -0.4 is 11.1 Å². The number of hydrogen-bond donors (Lipinski definition) is 2. The lowest BCUT2D eigenvalue weighted by atomic mass is 10.2. The number of rotatable bonds is 3. The second-order valence-corrected chi connectivity index (χ2v) is 3.79. The van der Waals surface area contributed by atoms with E-state index in [0.717, 1.165) is 6.07 Å². The molecule has 3 N–H and O–H groups in total. The first-order valence-electron chi connectivity index (χ1n) is 4.94. The Bertz CT molecular complexity index is 427. The Morgan fingerprint density at radius 3 is 2.65 bits per heavy atom. The molecule has 0 radical (unpaired) electrons. The Hall–Kier alpha value is -1.36. The molecule has 1 rings (SSSR count). The molecule has 0 amide bonds. The zero-order chi connectivity index (χ0) is 13.1. The third kappa shape index (κ3) is 3.85. The predicted octanol–water partition coefficient (Wildman–Crippen LogP) is 3.98. The fraction of sp³-hybridized carbons (Fsp3) is 0.273. The van der Waals surface area contributed by atoms with Crippen LogP contribution in [0.1, 0.15) is 18.9 Å². The Labute approximate surface area is 102 Å². The lowest BCUT2D eigenvalue weighted by Gasteiger charge is -2.12. The zero-order valence-electron chi connectivity index (χ0n) is 9.11. The third-order valence-corrected chi connectivity index (χ3v) is 2.31. The highest BCUT2D eigenvalue weighted by molar-refractivity contribution is 6.31. The number of anilines is 1. The highest BCUT2D eigenvalue weighted by Crippen LogP contribution is 2.36. The molecule has 0 bridgehead atoms. The van der Waals surface area contributed by atoms with Crippen molar-refractivity contribution < 1.29 is 13.2 Å². The van der Waals surface area contributed by atoms with E-state index in [4.69, 9.17) is 17.3 Å². The summed E-state index contributed by atoms with van der Waals surface area (Å²) in [6, 6.07) is 3.55. The van der Waals surface area contributed by atoms with Crippen LogP contribution in [0.2, 0.25) is 5.02 Å². The topological polar surface area (TPSA) is 38.0 Å². The summed E-state index contributed by atoms with van der Waals surface area (Å²) < 4.78 is 37.7. The van der Waals surface area contributed by atoms with Crippen molar-refractivity contribution in [1.29, 1.82) is 0 Å². The highest BCUT2D eigenvalue weighted by atomic mass is 35.5. The van der Waals surface area contributed by atoms with Crippen molar-refractivity contribution >= 4 is 17.3 Å². The van der Waals surface area contributed by atoms with Gasteiger partial charge in [-0.05, 0) is 30.7 Å². The first kappa shape index (κ1) is 13.7. The molecule has 1 aromatic rings. The molecule has 0 saturated carbocycles. The van der Waals surface area contributed by atoms with Gasteiger partial charge in [0.2, 0.25) is 0 Å². The standard InChI is InChI=1S/C11H12ClF3N2/c1-2-3-10(16)17-7-4-5-9(12)8(6-7)11(13,14)15/h3-6,17H,2,16H2,1H3/b10-3+. The molecule has 0 spiro atoms. The monoisotopic (exact) mass is 264 g/mol. The molecule has 2 nitrogen and oxygen atoms in total. The maximum Gasteiger partial charge on any atom is 0.417 e. The summed E-state index contributed by atoms with van der Waals surface area (Å²) in [6.07, 6.45) is -2.11. The minimum absolute atomic E-state index is 0.254. The third-order valence-electron chi connectivity index (χ3n) is 1.98. The molecule has 6 heteroatoms. The Morgan fingerprint density at radius 2 is 2.12 bits per heavy atom. The van der Waals surface area contributed by atoms with Crippen molar-refractivity contribution in [2.24, 2.45) is 5.73 Å². The van der Waals surface area contributed by atoms with Gasteiger partial charge in [0.1, 0.15) is 0 Å². The molecule has 0 aliphatic carbocycles. The summed E-state index contributed by atoms with van der Waals surface area (Å²) in [5, 5.41) is 2.33. The molecule has 17 heavy (non-hydrogen) atoms. The van der Waals surface area contributed by atoms with Crippen molar-refractivity contribution in [1.82, 2.24) is 0 Å². The Balaban J connectivity index is 3.01. The second-order valence-electron chi connectivity index (χ2n) is 3.39. The van der Waals surface area contributed by atoms with Crippen LogP contribution in [-0.4, -0.2) is 0 Å². The summed E-state index contributed by atoms with van der Waals surface area (Å²) in [5.74, 6) is 0.308. The molecule has 94 valence electrons. The van der Waals surface area contributed by atoms with E-state index in [-0.39, 0.29) is 10.7 Å². The fourth-order valence-electron chi connectivity index (χ4n) is 1.26. The minimum atomic E-state index is -4.47. The maximum atomic E-state index is 12.6. The van der Waals surface area contributed by atoms with Gasteiger partial charge in [-0.3, -0.25) is 0 Å². The fourth-order valence-corrected chi connectivity index (χ4v) is 1.48. The van der Waals surface area contributed by atoms with E-state index in [0.29, 0.717) is 12.2 Å². The average molecular weight is 265 g/mol. The zero-order valence-corrected chi connectivity index (χ0v) is 9.86. The van der Waals surface area contributed by atoms with Crippen LogP contribution in [0, 0.1) is 0 Å². The van der Waals surface area contributed by atoms with E-state index in [1.165, 1.54) is 12.1 Å². The van der Waals surface area contributed by atoms with E-state index in [1.54, 1.807) is 6.08 Å². The van der Waals surface area contributed by atoms with Gasteiger partial charge in [0.25, 0.3) is 0 Å². The van der Waals surface area contributed by atoms with Gasteiger partial charge in [-0.1, -0.05) is 18.5 Å². The number of nitrogens with two attached hydrogens (primary N) is 1. The molecular weight excluding hydrogens is 253 g/mol. The van der Waals surface area contributed by atoms with Gasteiger partial charge < -0.3 is 11.1 Å². The minimum Gasteiger partial charge on any atom is -0.386 e. The molecule has 0 unspecified atom stereocenters. The lowest BCUT2D eigenvalue weighted by molar-refractivity contribution is -0.137. The van der Waals surface area contributed by atoms with Crippen molar-refractivity contribution in [3.05, 3.63) is 40.7 Å². The van der Waals surface area contributed by atoms with E-state index in [1.807, 2.05) is 6.92 Å². The Morgan fingerprint density at radius 1 is 1.47 bits per heavy atom. The van der Waals surface area contributed by atoms with Crippen LogP contribution in [0.5, 0.6) is 0 Å². The number of benzene rings is 1. The molecule has 0 aliphatic heterocycles. The van der Waals surface area contributed by atoms with Crippen LogP contribution in [0.3, 0.4) is 0 Å². The molecule has 0 heterocycles. The SMILES string of the molecule is CC/C=C(\N)Nc1ccc(Cl)c(C(F)(F)F)c1. The van der Waals surface area contributed by atoms with Crippen LogP contribution in [0.4, 0.5) is 18.9 Å². The number of nitrogens with one attached hydrogen (secondary N) is 1. The van der Waals surface area contributed by atoms with E-state index < -0.39 is 11.7 Å². The number of alkyl halides is 3. The lowest BCUT2D eigenvalue weighted by Crippen LogP contribution is -2.11. The van der Waals surface area contributed by atoms with Crippen molar-refractivity contribution in [3.8, 4) is 0 Å². The highest BCUT2D eigenvalue weighted by Gasteiger charge is 2.33. The number of hydrogen-bond acceptors (Lipinski definition) is 2. The summed E-state index contributed by atoms with van der Waals surface area (Å²) in [6.45, 7) is 1.87. The predicted molar refractivity (Wildman–Crippen MR) is 62.6 cm³/mol. The van der Waals surface area contributed by atoms with Gasteiger partial charge in [-0.25, -0.2) is 0 Å². The van der Waals surface area contributed by atoms with Crippen LogP contribution >= 0.6 is 11.6 Å². The van der Waals surface area contributed by atoms with E-state index >= 15 is 0 Å². The summed E-state index contributed by atoms with van der Waals surface area (Å²) >= 11 is 5.48. The van der Waals surface area contributed by atoms with Gasteiger partial charge in [0, 0.05) is 5.69 Å². The number of allylic oxidation sites excluding steroid dienone is 1.